The standard InChI is InChI=1S/C7H15O5P/c1-5-3-7(12-6(5)2)4-11-13(8,9)10/h5-7H,3-4H2,1-2H3,(H2,8,9,10)/t5-,6-,7-/m0/s1. The van der Waals surface area contributed by atoms with E-state index in [0.717, 1.165) is 6.42 Å². The second kappa shape index (κ2) is 4.07. The highest BCUT2D eigenvalue weighted by atomic mass is 31.2. The van der Waals surface area contributed by atoms with Crippen LogP contribution in [0.15, 0.2) is 0 Å². The molecule has 6 heteroatoms. The molecule has 0 unspecified atom stereocenters. The fraction of sp³-hybridized carbons (Fsp3) is 1.00. The van der Waals surface area contributed by atoms with Gasteiger partial charge in [0.1, 0.15) is 0 Å². The van der Waals surface area contributed by atoms with Crippen LogP contribution in [0.2, 0.25) is 0 Å². The minimum absolute atomic E-state index is 0.0288. The lowest BCUT2D eigenvalue weighted by Gasteiger charge is -2.11. The Bertz CT molecular complexity index is 203. The van der Waals surface area contributed by atoms with Gasteiger partial charge in [0.25, 0.3) is 0 Å². The van der Waals surface area contributed by atoms with Crippen molar-refractivity contribution in [3.63, 3.8) is 0 Å². The fourth-order valence-electron chi connectivity index (χ4n) is 1.39. The predicted molar refractivity (Wildman–Crippen MR) is 46.1 cm³/mol. The van der Waals surface area contributed by atoms with E-state index in [4.69, 9.17) is 14.5 Å². The van der Waals surface area contributed by atoms with Crippen LogP contribution in [0.25, 0.3) is 0 Å². The predicted octanol–water partition coefficient (Wildman–Crippen LogP) is 0.909. The Morgan fingerprint density at radius 1 is 1.54 bits per heavy atom. The molecular weight excluding hydrogens is 195 g/mol. The van der Waals surface area contributed by atoms with Crippen molar-refractivity contribution in [1.82, 2.24) is 0 Å². The lowest BCUT2D eigenvalue weighted by Crippen LogP contribution is -2.14. The third kappa shape index (κ3) is 3.75. The molecule has 0 amide bonds. The number of rotatable bonds is 3. The molecule has 3 atom stereocenters. The van der Waals surface area contributed by atoms with E-state index in [2.05, 4.69) is 4.52 Å². The second-order valence-electron chi connectivity index (χ2n) is 3.46. The average Bonchev–Trinajstić information content (AvgIpc) is 2.27. The highest BCUT2D eigenvalue weighted by molar-refractivity contribution is 7.46. The molecule has 0 spiro atoms. The number of hydrogen-bond donors (Lipinski definition) is 2. The summed E-state index contributed by atoms with van der Waals surface area (Å²) in [5.74, 6) is 0.422. The summed E-state index contributed by atoms with van der Waals surface area (Å²) in [5.41, 5.74) is 0. The zero-order chi connectivity index (χ0) is 10.1. The molecule has 1 fully saturated rings. The average molecular weight is 210 g/mol. The Morgan fingerprint density at radius 2 is 2.15 bits per heavy atom. The third-order valence-corrected chi connectivity index (χ3v) is 2.76. The van der Waals surface area contributed by atoms with E-state index in [0.29, 0.717) is 5.92 Å². The van der Waals surface area contributed by atoms with Crippen LogP contribution in [0.5, 0.6) is 0 Å². The molecule has 1 saturated heterocycles. The van der Waals surface area contributed by atoms with Crippen molar-refractivity contribution >= 4 is 7.82 Å². The molecule has 0 aromatic rings. The largest absolute Gasteiger partial charge is 0.469 e. The van der Waals surface area contributed by atoms with Crippen molar-refractivity contribution in [2.24, 2.45) is 5.92 Å². The van der Waals surface area contributed by atoms with Crippen molar-refractivity contribution in [2.75, 3.05) is 6.61 Å². The minimum Gasteiger partial charge on any atom is -0.373 e. The molecule has 2 N–H and O–H groups in total. The fourth-order valence-corrected chi connectivity index (χ4v) is 1.75. The summed E-state index contributed by atoms with van der Waals surface area (Å²) in [6, 6.07) is 0. The van der Waals surface area contributed by atoms with Gasteiger partial charge in [0.2, 0.25) is 0 Å². The van der Waals surface area contributed by atoms with E-state index in [1.54, 1.807) is 0 Å². The summed E-state index contributed by atoms with van der Waals surface area (Å²) in [6.45, 7) is 3.96. The van der Waals surface area contributed by atoms with Gasteiger partial charge in [-0.1, -0.05) is 6.92 Å². The van der Waals surface area contributed by atoms with Crippen molar-refractivity contribution in [3.05, 3.63) is 0 Å². The van der Waals surface area contributed by atoms with Crippen molar-refractivity contribution in [1.29, 1.82) is 0 Å². The zero-order valence-electron chi connectivity index (χ0n) is 7.71. The van der Waals surface area contributed by atoms with E-state index in [1.807, 2.05) is 13.8 Å². The van der Waals surface area contributed by atoms with E-state index in [1.165, 1.54) is 0 Å². The normalized spacial score (nSPS) is 35.2. The Morgan fingerprint density at radius 3 is 2.54 bits per heavy atom. The van der Waals surface area contributed by atoms with Crippen LogP contribution in [0.3, 0.4) is 0 Å². The van der Waals surface area contributed by atoms with Gasteiger partial charge >= 0.3 is 7.82 Å². The first-order valence-corrected chi connectivity index (χ1v) is 5.77. The molecule has 1 aliphatic heterocycles. The van der Waals surface area contributed by atoms with E-state index >= 15 is 0 Å². The third-order valence-electron chi connectivity index (χ3n) is 2.27. The molecule has 0 bridgehead atoms. The Kier molecular flexibility index (Phi) is 3.49. The Labute approximate surface area is 77.3 Å². The SMILES string of the molecule is C[C@@H]1O[C@H](COP(=O)(O)O)C[C@@H]1C. The lowest BCUT2D eigenvalue weighted by molar-refractivity contribution is 0.0140. The number of ether oxygens (including phenoxy) is 1. The maximum absolute atomic E-state index is 10.4. The van der Waals surface area contributed by atoms with E-state index < -0.39 is 7.82 Å². The maximum atomic E-state index is 10.4. The molecule has 78 valence electrons. The van der Waals surface area contributed by atoms with Crippen LogP contribution >= 0.6 is 7.82 Å². The molecule has 0 aliphatic carbocycles. The van der Waals surface area contributed by atoms with Gasteiger partial charge < -0.3 is 14.5 Å². The van der Waals surface area contributed by atoms with E-state index in [9.17, 15) is 4.57 Å². The lowest BCUT2D eigenvalue weighted by atomic mass is 10.0. The molecule has 1 heterocycles. The van der Waals surface area contributed by atoms with Gasteiger partial charge in [-0.25, -0.2) is 4.57 Å². The van der Waals surface area contributed by atoms with Crippen molar-refractivity contribution in [3.8, 4) is 0 Å². The zero-order valence-corrected chi connectivity index (χ0v) is 8.61. The van der Waals surface area contributed by atoms with Crippen LogP contribution < -0.4 is 0 Å². The number of phosphoric ester groups is 1. The van der Waals surface area contributed by atoms with Crippen LogP contribution in [0, 0.1) is 5.92 Å². The number of phosphoric acid groups is 1. The van der Waals surface area contributed by atoms with Crippen LogP contribution in [-0.4, -0.2) is 28.6 Å². The quantitative estimate of drug-likeness (QED) is 0.677. The van der Waals surface area contributed by atoms with Gasteiger partial charge in [0.15, 0.2) is 0 Å². The smallest absolute Gasteiger partial charge is 0.373 e. The highest BCUT2D eigenvalue weighted by Crippen LogP contribution is 2.37. The first kappa shape index (κ1) is 11.1. The Hall–Kier alpha value is 0.0700. The Balaban J connectivity index is 2.29. The second-order valence-corrected chi connectivity index (χ2v) is 4.70. The monoisotopic (exact) mass is 210 g/mol. The van der Waals surface area contributed by atoms with Crippen LogP contribution in [-0.2, 0) is 13.8 Å². The van der Waals surface area contributed by atoms with Crippen LogP contribution in [0.1, 0.15) is 20.3 Å². The molecule has 0 aromatic heterocycles. The molecule has 0 saturated carbocycles. The summed E-state index contributed by atoms with van der Waals surface area (Å²) in [6.07, 6.45) is 0.754. The van der Waals surface area contributed by atoms with Gasteiger partial charge in [-0.05, 0) is 19.3 Å². The minimum atomic E-state index is -4.34. The molecule has 1 rings (SSSR count). The van der Waals surface area contributed by atoms with Crippen molar-refractivity contribution in [2.45, 2.75) is 32.5 Å². The van der Waals surface area contributed by atoms with Gasteiger partial charge in [0.05, 0.1) is 18.8 Å². The first-order valence-electron chi connectivity index (χ1n) is 4.24. The molecule has 0 aromatic carbocycles. The number of hydrogen-bond acceptors (Lipinski definition) is 3. The van der Waals surface area contributed by atoms with E-state index in [-0.39, 0.29) is 18.8 Å². The summed E-state index contributed by atoms with van der Waals surface area (Å²) in [5, 5.41) is 0. The maximum Gasteiger partial charge on any atom is 0.469 e. The summed E-state index contributed by atoms with van der Waals surface area (Å²) >= 11 is 0. The molecule has 0 radical (unpaired) electrons. The molecule has 5 nitrogen and oxygen atoms in total. The van der Waals surface area contributed by atoms with Gasteiger partial charge in [-0.3, -0.25) is 4.52 Å². The first-order chi connectivity index (χ1) is 5.88. The summed E-state index contributed by atoms with van der Waals surface area (Å²) in [7, 11) is -4.34. The molecule has 1 aliphatic rings. The van der Waals surface area contributed by atoms with Crippen molar-refractivity contribution < 1.29 is 23.6 Å². The van der Waals surface area contributed by atoms with Crippen LogP contribution in [0.4, 0.5) is 0 Å². The van der Waals surface area contributed by atoms with Gasteiger partial charge in [-0.15, -0.1) is 0 Å². The highest BCUT2D eigenvalue weighted by Gasteiger charge is 2.30. The summed E-state index contributed by atoms with van der Waals surface area (Å²) < 4.78 is 20.1. The van der Waals surface area contributed by atoms with Gasteiger partial charge in [-0.2, -0.15) is 0 Å². The van der Waals surface area contributed by atoms with Gasteiger partial charge in [0, 0.05) is 0 Å². The summed E-state index contributed by atoms with van der Waals surface area (Å²) in [4.78, 5) is 16.9. The molecular formula is C7H15O5P. The molecule has 13 heavy (non-hydrogen) atoms. The topological polar surface area (TPSA) is 76.0 Å².